The van der Waals surface area contributed by atoms with E-state index in [1.165, 1.54) is 26.2 Å². The first kappa shape index (κ1) is 16.0. The number of nitriles is 1. The molecule has 0 saturated carbocycles. The molecule has 0 radical (unpaired) electrons. The van der Waals surface area contributed by atoms with E-state index in [1.807, 2.05) is 6.07 Å². The van der Waals surface area contributed by atoms with Gasteiger partial charge in [-0.15, -0.1) is 0 Å². The van der Waals surface area contributed by atoms with Crippen LogP contribution in [0.4, 0.5) is 5.88 Å². The Kier molecular flexibility index (Phi) is 4.21. The van der Waals surface area contributed by atoms with Gasteiger partial charge in [0.25, 0.3) is 0 Å². The zero-order chi connectivity index (χ0) is 16.5. The summed E-state index contributed by atoms with van der Waals surface area (Å²) in [5.74, 6) is 0.636. The summed E-state index contributed by atoms with van der Waals surface area (Å²) in [4.78, 5) is 5.95. The quantitative estimate of drug-likeness (QED) is 0.848. The van der Waals surface area contributed by atoms with Crippen molar-refractivity contribution in [3.63, 3.8) is 0 Å². The van der Waals surface area contributed by atoms with Crippen LogP contribution in [-0.2, 0) is 10.0 Å². The van der Waals surface area contributed by atoms with Gasteiger partial charge in [0.15, 0.2) is 0 Å². The molecule has 1 heterocycles. The normalized spacial score (nSPS) is 11.5. The average molecular weight is 320 g/mol. The molecule has 0 N–H and O–H groups in total. The van der Waals surface area contributed by atoms with Crippen molar-refractivity contribution in [1.82, 2.24) is 9.29 Å². The molecule has 0 bridgehead atoms. The standard InChI is InChI=1S/C14H16N4O3S/c1-17(2)14-12(9-15)16-13(21-14)10-5-7-11(8-6-10)22(19,20)18(3)4/h5-8H,1-4H3. The smallest absolute Gasteiger partial charge is 0.242 e. The molecule has 0 unspecified atom stereocenters. The second-order valence-electron chi connectivity index (χ2n) is 4.99. The summed E-state index contributed by atoms with van der Waals surface area (Å²) in [5.41, 5.74) is 0.785. The predicted molar refractivity (Wildman–Crippen MR) is 81.9 cm³/mol. The first-order valence-corrected chi connectivity index (χ1v) is 7.82. The molecule has 0 aliphatic carbocycles. The highest BCUT2D eigenvalue weighted by Gasteiger charge is 2.19. The fourth-order valence-corrected chi connectivity index (χ4v) is 2.69. The molecule has 2 aromatic rings. The zero-order valence-corrected chi connectivity index (χ0v) is 13.5. The minimum atomic E-state index is -3.48. The molecule has 0 fully saturated rings. The minimum Gasteiger partial charge on any atom is -0.419 e. The van der Waals surface area contributed by atoms with Crippen LogP contribution in [0.15, 0.2) is 33.6 Å². The van der Waals surface area contributed by atoms with E-state index < -0.39 is 10.0 Å². The Labute approximate surface area is 129 Å². The fourth-order valence-electron chi connectivity index (χ4n) is 1.79. The van der Waals surface area contributed by atoms with Crippen molar-refractivity contribution < 1.29 is 12.8 Å². The Morgan fingerprint density at radius 2 is 1.73 bits per heavy atom. The highest BCUT2D eigenvalue weighted by molar-refractivity contribution is 7.89. The molecule has 0 atom stereocenters. The number of nitrogens with zero attached hydrogens (tertiary/aromatic N) is 4. The molecule has 0 aliphatic heterocycles. The van der Waals surface area contributed by atoms with Gasteiger partial charge in [-0.25, -0.2) is 12.7 Å². The van der Waals surface area contributed by atoms with E-state index in [2.05, 4.69) is 4.98 Å². The minimum absolute atomic E-state index is 0.182. The van der Waals surface area contributed by atoms with Gasteiger partial charge >= 0.3 is 0 Å². The summed E-state index contributed by atoms with van der Waals surface area (Å²) < 4.78 is 30.7. The lowest BCUT2D eigenvalue weighted by molar-refractivity contribution is 0.520. The summed E-state index contributed by atoms with van der Waals surface area (Å²) in [6.45, 7) is 0. The summed E-state index contributed by atoms with van der Waals surface area (Å²) in [7, 11) is 2.96. The molecular formula is C14H16N4O3S. The van der Waals surface area contributed by atoms with Crippen molar-refractivity contribution in [2.45, 2.75) is 4.90 Å². The molecule has 7 nitrogen and oxygen atoms in total. The third-order valence-corrected chi connectivity index (χ3v) is 4.83. The second-order valence-corrected chi connectivity index (χ2v) is 7.14. The van der Waals surface area contributed by atoms with Gasteiger partial charge in [-0.2, -0.15) is 10.2 Å². The van der Waals surface area contributed by atoms with Crippen LogP contribution in [-0.4, -0.2) is 45.9 Å². The van der Waals surface area contributed by atoms with Crippen LogP contribution in [0.2, 0.25) is 0 Å². The van der Waals surface area contributed by atoms with Gasteiger partial charge in [-0.3, -0.25) is 0 Å². The number of benzene rings is 1. The molecule has 0 saturated heterocycles. The molecule has 22 heavy (non-hydrogen) atoms. The number of oxazole rings is 1. The van der Waals surface area contributed by atoms with Crippen molar-refractivity contribution in [2.24, 2.45) is 0 Å². The number of anilines is 1. The molecule has 0 aliphatic rings. The SMILES string of the molecule is CN(C)c1oc(-c2ccc(S(=O)(=O)N(C)C)cc2)nc1C#N. The maximum absolute atomic E-state index is 12.0. The first-order chi connectivity index (χ1) is 10.3. The van der Waals surface area contributed by atoms with Crippen molar-refractivity contribution in [1.29, 1.82) is 5.26 Å². The predicted octanol–water partition coefficient (Wildman–Crippen LogP) is 1.53. The van der Waals surface area contributed by atoms with Crippen molar-refractivity contribution in [2.75, 3.05) is 33.1 Å². The molecular weight excluding hydrogens is 304 g/mol. The van der Waals surface area contributed by atoms with Gasteiger partial charge in [0.1, 0.15) is 6.07 Å². The molecule has 0 spiro atoms. The highest BCUT2D eigenvalue weighted by atomic mass is 32.2. The van der Waals surface area contributed by atoms with Gasteiger partial charge in [0.05, 0.1) is 4.90 Å². The number of hydrogen-bond donors (Lipinski definition) is 0. The van der Waals surface area contributed by atoms with Crippen LogP contribution in [0.25, 0.3) is 11.5 Å². The molecule has 2 rings (SSSR count). The molecule has 1 aromatic heterocycles. The van der Waals surface area contributed by atoms with Gasteiger partial charge in [0, 0.05) is 33.8 Å². The number of hydrogen-bond acceptors (Lipinski definition) is 6. The Bertz CT molecular complexity index is 815. The lowest BCUT2D eigenvalue weighted by Gasteiger charge is -2.11. The van der Waals surface area contributed by atoms with E-state index in [0.29, 0.717) is 11.4 Å². The Morgan fingerprint density at radius 1 is 1.14 bits per heavy atom. The zero-order valence-electron chi connectivity index (χ0n) is 12.7. The summed E-state index contributed by atoms with van der Waals surface area (Å²) in [5, 5.41) is 9.06. The maximum atomic E-state index is 12.0. The molecule has 1 aromatic carbocycles. The summed E-state index contributed by atoms with van der Waals surface area (Å²) in [6, 6.07) is 8.13. The van der Waals surface area contributed by atoms with E-state index in [9.17, 15) is 8.42 Å². The summed E-state index contributed by atoms with van der Waals surface area (Å²) in [6.07, 6.45) is 0. The second kappa shape index (κ2) is 5.79. The maximum Gasteiger partial charge on any atom is 0.242 e. The van der Waals surface area contributed by atoms with Gasteiger partial charge < -0.3 is 9.32 Å². The Balaban J connectivity index is 2.42. The third kappa shape index (κ3) is 2.81. The van der Waals surface area contributed by atoms with Crippen LogP contribution >= 0.6 is 0 Å². The fraction of sp³-hybridized carbons (Fsp3) is 0.286. The average Bonchev–Trinajstić information content (AvgIpc) is 2.91. The van der Waals surface area contributed by atoms with Crippen molar-refractivity contribution in [3.05, 3.63) is 30.0 Å². The molecule has 8 heteroatoms. The summed E-state index contributed by atoms with van der Waals surface area (Å²) >= 11 is 0. The topological polar surface area (TPSA) is 90.4 Å². The Morgan fingerprint density at radius 3 is 2.14 bits per heavy atom. The number of rotatable bonds is 4. The van der Waals surface area contributed by atoms with Gasteiger partial charge in [0.2, 0.25) is 27.5 Å². The van der Waals surface area contributed by atoms with Gasteiger partial charge in [-0.05, 0) is 24.3 Å². The number of aromatic nitrogens is 1. The van der Waals surface area contributed by atoms with Crippen molar-refractivity contribution >= 4 is 15.9 Å². The lowest BCUT2D eigenvalue weighted by Crippen LogP contribution is -2.22. The lowest BCUT2D eigenvalue weighted by atomic mass is 10.2. The van der Waals surface area contributed by atoms with Crippen LogP contribution in [0.5, 0.6) is 0 Å². The first-order valence-electron chi connectivity index (χ1n) is 6.38. The Hall–Kier alpha value is -2.37. The van der Waals surface area contributed by atoms with E-state index in [-0.39, 0.29) is 16.5 Å². The van der Waals surface area contributed by atoms with Crippen LogP contribution in [0, 0.1) is 11.3 Å². The van der Waals surface area contributed by atoms with Crippen LogP contribution < -0.4 is 4.90 Å². The van der Waals surface area contributed by atoms with Crippen LogP contribution in [0.3, 0.4) is 0 Å². The van der Waals surface area contributed by atoms with E-state index in [0.717, 1.165) is 4.31 Å². The van der Waals surface area contributed by atoms with Gasteiger partial charge in [-0.1, -0.05) is 0 Å². The molecule has 116 valence electrons. The third-order valence-electron chi connectivity index (χ3n) is 3.00. The largest absolute Gasteiger partial charge is 0.419 e. The highest BCUT2D eigenvalue weighted by Crippen LogP contribution is 2.27. The van der Waals surface area contributed by atoms with Crippen LogP contribution in [0.1, 0.15) is 5.69 Å². The van der Waals surface area contributed by atoms with E-state index in [4.69, 9.17) is 9.68 Å². The van der Waals surface area contributed by atoms with Crippen molar-refractivity contribution in [3.8, 4) is 17.5 Å². The molecule has 0 amide bonds. The van der Waals surface area contributed by atoms with E-state index >= 15 is 0 Å². The van der Waals surface area contributed by atoms with E-state index in [1.54, 1.807) is 31.1 Å². The monoisotopic (exact) mass is 320 g/mol. The number of sulfonamides is 1.